The molecule has 118 valence electrons. The van der Waals surface area contributed by atoms with Crippen molar-refractivity contribution < 1.29 is 9.59 Å². The van der Waals surface area contributed by atoms with Crippen molar-refractivity contribution in [2.75, 3.05) is 6.54 Å². The highest BCUT2D eigenvalue weighted by atomic mass is 16.2. The van der Waals surface area contributed by atoms with Crippen LogP contribution in [0.25, 0.3) is 10.9 Å². The SMILES string of the molecule is CCCC(=O)N(C=O)CCCn1ncc2cc(CC)ccc21. The Morgan fingerprint density at radius 3 is 2.86 bits per heavy atom. The minimum Gasteiger partial charge on any atom is -0.285 e. The summed E-state index contributed by atoms with van der Waals surface area (Å²) in [6.07, 6.45) is 5.40. The summed E-state index contributed by atoms with van der Waals surface area (Å²) >= 11 is 0. The van der Waals surface area contributed by atoms with Gasteiger partial charge >= 0.3 is 0 Å². The molecule has 5 heteroatoms. The molecular formula is C17H23N3O2. The van der Waals surface area contributed by atoms with Crippen molar-refractivity contribution in [3.05, 3.63) is 30.0 Å². The molecule has 2 amide bonds. The molecule has 0 saturated heterocycles. The number of rotatable bonds is 8. The Bertz CT molecular complexity index is 648. The van der Waals surface area contributed by atoms with Crippen molar-refractivity contribution in [2.45, 2.75) is 46.1 Å². The fourth-order valence-electron chi connectivity index (χ4n) is 2.52. The molecule has 0 atom stereocenters. The zero-order valence-electron chi connectivity index (χ0n) is 13.3. The lowest BCUT2D eigenvalue weighted by molar-refractivity contribution is -0.138. The van der Waals surface area contributed by atoms with Crippen LogP contribution in [0, 0.1) is 0 Å². The number of aromatic nitrogens is 2. The second-order valence-corrected chi connectivity index (χ2v) is 5.41. The first-order valence-corrected chi connectivity index (χ1v) is 7.88. The molecule has 5 nitrogen and oxygen atoms in total. The van der Waals surface area contributed by atoms with E-state index >= 15 is 0 Å². The number of amides is 2. The molecule has 0 unspecified atom stereocenters. The van der Waals surface area contributed by atoms with Crippen molar-refractivity contribution >= 4 is 23.2 Å². The van der Waals surface area contributed by atoms with Gasteiger partial charge in [-0.25, -0.2) is 0 Å². The van der Waals surface area contributed by atoms with Crippen LogP contribution in [0.1, 0.15) is 38.7 Å². The van der Waals surface area contributed by atoms with E-state index < -0.39 is 0 Å². The van der Waals surface area contributed by atoms with Gasteiger partial charge in [-0.3, -0.25) is 19.2 Å². The van der Waals surface area contributed by atoms with Crippen molar-refractivity contribution in [3.63, 3.8) is 0 Å². The predicted molar refractivity (Wildman–Crippen MR) is 86.4 cm³/mol. The molecule has 0 aliphatic rings. The molecule has 0 saturated carbocycles. The Balaban J connectivity index is 1.97. The highest BCUT2D eigenvalue weighted by molar-refractivity contribution is 5.86. The van der Waals surface area contributed by atoms with Crippen LogP contribution in [-0.4, -0.2) is 33.5 Å². The lowest BCUT2D eigenvalue weighted by Crippen LogP contribution is -2.30. The Morgan fingerprint density at radius 1 is 1.36 bits per heavy atom. The van der Waals surface area contributed by atoms with Gasteiger partial charge in [0.15, 0.2) is 0 Å². The van der Waals surface area contributed by atoms with E-state index in [2.05, 4.69) is 30.2 Å². The molecule has 0 aliphatic carbocycles. The second-order valence-electron chi connectivity index (χ2n) is 5.41. The van der Waals surface area contributed by atoms with Crippen LogP contribution in [0.5, 0.6) is 0 Å². The van der Waals surface area contributed by atoms with Gasteiger partial charge in [0, 0.05) is 24.9 Å². The van der Waals surface area contributed by atoms with E-state index in [0.29, 0.717) is 32.3 Å². The Hall–Kier alpha value is -2.17. The van der Waals surface area contributed by atoms with Crippen molar-refractivity contribution in [3.8, 4) is 0 Å². The first-order chi connectivity index (χ1) is 10.7. The minimum absolute atomic E-state index is 0.101. The maximum absolute atomic E-state index is 11.7. The predicted octanol–water partition coefficient (Wildman–Crippen LogP) is 2.77. The maximum atomic E-state index is 11.7. The van der Waals surface area contributed by atoms with Gasteiger partial charge in [-0.1, -0.05) is 19.9 Å². The summed E-state index contributed by atoms with van der Waals surface area (Å²) in [4.78, 5) is 24.0. The summed E-state index contributed by atoms with van der Waals surface area (Å²) in [5, 5.41) is 5.53. The van der Waals surface area contributed by atoms with Gasteiger partial charge in [-0.15, -0.1) is 0 Å². The molecule has 0 fully saturated rings. The zero-order chi connectivity index (χ0) is 15.9. The van der Waals surface area contributed by atoms with Crippen LogP contribution in [0.15, 0.2) is 24.4 Å². The minimum atomic E-state index is -0.101. The summed E-state index contributed by atoms with van der Waals surface area (Å²) in [5.41, 5.74) is 2.39. The topological polar surface area (TPSA) is 55.2 Å². The number of benzene rings is 1. The van der Waals surface area contributed by atoms with Gasteiger partial charge in [0.2, 0.25) is 12.3 Å². The number of imide groups is 1. The van der Waals surface area contributed by atoms with Gasteiger partial charge in [-0.05, 0) is 37.0 Å². The van der Waals surface area contributed by atoms with E-state index in [1.54, 1.807) is 0 Å². The summed E-state index contributed by atoms with van der Waals surface area (Å²) in [6.45, 7) is 5.20. The van der Waals surface area contributed by atoms with Gasteiger partial charge in [0.25, 0.3) is 0 Å². The number of carbonyl (C=O) groups excluding carboxylic acids is 2. The van der Waals surface area contributed by atoms with Crippen molar-refractivity contribution in [2.24, 2.45) is 0 Å². The first-order valence-electron chi connectivity index (χ1n) is 7.88. The lowest BCUT2D eigenvalue weighted by atomic mass is 10.1. The molecule has 2 aromatic rings. The Kier molecular flexibility index (Phi) is 5.69. The van der Waals surface area contributed by atoms with Crippen LogP contribution >= 0.6 is 0 Å². The third kappa shape index (κ3) is 3.72. The second kappa shape index (κ2) is 7.73. The van der Waals surface area contributed by atoms with Crippen LogP contribution in [0.2, 0.25) is 0 Å². The van der Waals surface area contributed by atoms with E-state index in [0.717, 1.165) is 23.7 Å². The van der Waals surface area contributed by atoms with Crippen LogP contribution in [0.3, 0.4) is 0 Å². The molecule has 1 aromatic heterocycles. The first kappa shape index (κ1) is 16.2. The molecule has 22 heavy (non-hydrogen) atoms. The molecule has 0 bridgehead atoms. The van der Waals surface area contributed by atoms with E-state index in [-0.39, 0.29) is 5.91 Å². The molecule has 0 radical (unpaired) electrons. The Labute approximate surface area is 130 Å². The molecule has 0 N–H and O–H groups in total. The van der Waals surface area contributed by atoms with Crippen LogP contribution in [0.4, 0.5) is 0 Å². The summed E-state index contributed by atoms with van der Waals surface area (Å²) in [7, 11) is 0. The third-order valence-electron chi connectivity index (χ3n) is 3.79. The fourth-order valence-corrected chi connectivity index (χ4v) is 2.52. The Morgan fingerprint density at radius 2 is 2.18 bits per heavy atom. The third-order valence-corrected chi connectivity index (χ3v) is 3.79. The standard InChI is InChI=1S/C17H23N3O2/c1-3-6-17(22)19(13-21)9-5-10-20-16-8-7-14(4-2)11-15(16)12-18-20/h7-8,11-13H,3-6,9-10H2,1-2H3. The van der Waals surface area contributed by atoms with E-state index in [9.17, 15) is 9.59 Å². The number of fused-ring (bicyclic) bond motifs is 1. The van der Waals surface area contributed by atoms with Crippen molar-refractivity contribution in [1.82, 2.24) is 14.7 Å². The summed E-state index contributed by atoms with van der Waals surface area (Å²) in [5.74, 6) is -0.101. The number of nitrogens with zero attached hydrogens (tertiary/aromatic N) is 3. The average Bonchev–Trinajstić information content (AvgIpc) is 2.94. The number of carbonyl (C=O) groups is 2. The molecule has 0 spiro atoms. The van der Waals surface area contributed by atoms with E-state index in [1.807, 2.05) is 17.8 Å². The zero-order valence-corrected chi connectivity index (χ0v) is 13.3. The molecule has 0 aliphatic heterocycles. The molecule has 1 aromatic carbocycles. The van der Waals surface area contributed by atoms with E-state index in [1.165, 1.54) is 10.5 Å². The number of hydrogen-bond donors (Lipinski definition) is 0. The number of hydrogen-bond acceptors (Lipinski definition) is 3. The van der Waals surface area contributed by atoms with Gasteiger partial charge in [0.05, 0.1) is 11.7 Å². The molecule has 1 heterocycles. The number of aryl methyl sites for hydroxylation is 2. The average molecular weight is 301 g/mol. The van der Waals surface area contributed by atoms with Crippen LogP contribution in [-0.2, 0) is 22.6 Å². The molecular weight excluding hydrogens is 278 g/mol. The van der Waals surface area contributed by atoms with Gasteiger partial charge in [0.1, 0.15) is 0 Å². The monoisotopic (exact) mass is 301 g/mol. The van der Waals surface area contributed by atoms with E-state index in [4.69, 9.17) is 0 Å². The maximum Gasteiger partial charge on any atom is 0.228 e. The van der Waals surface area contributed by atoms with Gasteiger partial charge < -0.3 is 0 Å². The summed E-state index contributed by atoms with van der Waals surface area (Å²) < 4.78 is 1.93. The normalized spacial score (nSPS) is 10.8. The highest BCUT2D eigenvalue weighted by Gasteiger charge is 2.11. The van der Waals surface area contributed by atoms with Crippen LogP contribution < -0.4 is 0 Å². The quantitative estimate of drug-likeness (QED) is 0.704. The molecule has 2 rings (SSSR count). The summed E-state index contributed by atoms with van der Waals surface area (Å²) in [6, 6.07) is 6.35. The largest absolute Gasteiger partial charge is 0.285 e. The lowest BCUT2D eigenvalue weighted by Gasteiger charge is -2.15. The van der Waals surface area contributed by atoms with Gasteiger partial charge in [-0.2, -0.15) is 5.10 Å². The smallest absolute Gasteiger partial charge is 0.228 e. The fraction of sp³-hybridized carbons (Fsp3) is 0.471. The van der Waals surface area contributed by atoms with Crippen molar-refractivity contribution in [1.29, 1.82) is 0 Å². The highest BCUT2D eigenvalue weighted by Crippen LogP contribution is 2.16.